The first-order valence-corrected chi connectivity index (χ1v) is 6.99. The van der Waals surface area contributed by atoms with E-state index >= 15 is 0 Å². The molecule has 0 aliphatic rings. The van der Waals surface area contributed by atoms with Crippen molar-refractivity contribution in [2.45, 2.75) is 26.4 Å². The summed E-state index contributed by atoms with van der Waals surface area (Å²) in [6.07, 6.45) is 0. The summed E-state index contributed by atoms with van der Waals surface area (Å²) in [5.74, 6) is -0.374. The Morgan fingerprint density at radius 1 is 1.33 bits per heavy atom. The Kier molecular flexibility index (Phi) is 4.38. The maximum Gasteiger partial charge on any atom is 0.141 e. The molecule has 1 atom stereocenters. The molecule has 18 heavy (non-hydrogen) atoms. The van der Waals surface area contributed by atoms with Crippen LogP contribution in [0.2, 0.25) is 5.02 Å². The molecule has 0 saturated carbocycles. The quantitative estimate of drug-likeness (QED) is 0.858. The molecule has 2 aromatic rings. The summed E-state index contributed by atoms with van der Waals surface area (Å²) >= 11 is 7.56. The first-order valence-electron chi connectivity index (χ1n) is 5.80. The van der Waals surface area contributed by atoms with Crippen LogP contribution in [0, 0.1) is 12.7 Å². The van der Waals surface area contributed by atoms with Gasteiger partial charge in [0.15, 0.2) is 0 Å². The van der Waals surface area contributed by atoms with Crippen LogP contribution in [0.3, 0.4) is 0 Å². The van der Waals surface area contributed by atoms with Gasteiger partial charge < -0.3 is 5.32 Å². The highest BCUT2D eigenvalue weighted by Gasteiger charge is 2.08. The van der Waals surface area contributed by atoms with E-state index in [1.807, 2.05) is 6.92 Å². The van der Waals surface area contributed by atoms with Gasteiger partial charge in [-0.25, -0.2) is 4.39 Å². The highest BCUT2D eigenvalue weighted by molar-refractivity contribution is 7.11. The summed E-state index contributed by atoms with van der Waals surface area (Å²) in [5, 5.41) is 3.58. The molecule has 0 radical (unpaired) electrons. The van der Waals surface area contributed by atoms with Crippen LogP contribution in [0.15, 0.2) is 30.3 Å². The molecule has 96 valence electrons. The zero-order chi connectivity index (χ0) is 13.1. The molecule has 1 N–H and O–H groups in total. The molecule has 0 aliphatic carbocycles. The first-order chi connectivity index (χ1) is 8.56. The Morgan fingerprint density at radius 2 is 2.11 bits per heavy atom. The van der Waals surface area contributed by atoms with Gasteiger partial charge in [-0.1, -0.05) is 17.7 Å². The number of aryl methyl sites for hydroxylation is 1. The molecular weight excluding hydrogens is 269 g/mol. The summed E-state index contributed by atoms with van der Waals surface area (Å²) in [7, 11) is 0. The smallest absolute Gasteiger partial charge is 0.141 e. The van der Waals surface area contributed by atoms with Gasteiger partial charge in [-0.2, -0.15) is 0 Å². The molecule has 1 heterocycles. The van der Waals surface area contributed by atoms with Crippen LogP contribution in [0.5, 0.6) is 0 Å². The highest BCUT2D eigenvalue weighted by atomic mass is 35.5. The van der Waals surface area contributed by atoms with E-state index < -0.39 is 0 Å². The number of hydrogen-bond donors (Lipinski definition) is 1. The summed E-state index contributed by atoms with van der Waals surface area (Å²) in [6, 6.07) is 9.22. The molecule has 0 spiro atoms. The Bertz CT molecular complexity index is 538. The van der Waals surface area contributed by atoms with Gasteiger partial charge in [0.25, 0.3) is 0 Å². The van der Waals surface area contributed by atoms with Gasteiger partial charge >= 0.3 is 0 Å². The average Bonchev–Trinajstić information content (AvgIpc) is 2.75. The third-order valence-electron chi connectivity index (χ3n) is 2.82. The van der Waals surface area contributed by atoms with E-state index in [-0.39, 0.29) is 16.9 Å². The van der Waals surface area contributed by atoms with Crippen molar-refractivity contribution < 1.29 is 4.39 Å². The maximum absolute atomic E-state index is 13.1. The van der Waals surface area contributed by atoms with Gasteiger partial charge in [0, 0.05) is 22.3 Å². The van der Waals surface area contributed by atoms with Crippen LogP contribution in [0.1, 0.15) is 28.3 Å². The first kappa shape index (κ1) is 13.5. The van der Waals surface area contributed by atoms with Crippen molar-refractivity contribution in [3.05, 3.63) is 56.5 Å². The predicted molar refractivity (Wildman–Crippen MR) is 75.7 cm³/mol. The number of halogens is 2. The van der Waals surface area contributed by atoms with E-state index in [4.69, 9.17) is 11.6 Å². The SMILES string of the molecule is Cc1ccc(CNC(C)c2ccc(F)c(Cl)c2)s1. The molecule has 0 fully saturated rings. The summed E-state index contributed by atoms with van der Waals surface area (Å²) < 4.78 is 13.1. The average molecular weight is 284 g/mol. The van der Waals surface area contributed by atoms with Gasteiger partial charge in [-0.15, -0.1) is 11.3 Å². The van der Waals surface area contributed by atoms with Crippen LogP contribution in [0.25, 0.3) is 0 Å². The Balaban J connectivity index is 1.99. The van der Waals surface area contributed by atoms with E-state index in [1.54, 1.807) is 23.5 Å². The fourth-order valence-electron chi connectivity index (χ4n) is 1.73. The van der Waals surface area contributed by atoms with Crippen LogP contribution < -0.4 is 5.32 Å². The van der Waals surface area contributed by atoms with Gasteiger partial charge in [-0.05, 0) is 43.7 Å². The molecule has 2 rings (SSSR count). The van der Waals surface area contributed by atoms with Crippen molar-refractivity contribution >= 4 is 22.9 Å². The minimum atomic E-state index is -0.374. The Morgan fingerprint density at radius 3 is 2.72 bits per heavy atom. The lowest BCUT2D eigenvalue weighted by atomic mass is 10.1. The fourth-order valence-corrected chi connectivity index (χ4v) is 2.76. The number of benzene rings is 1. The number of thiophene rings is 1. The molecule has 4 heteroatoms. The molecule has 1 aromatic heterocycles. The summed E-state index contributed by atoms with van der Waals surface area (Å²) in [5.41, 5.74) is 0.995. The molecule has 0 bridgehead atoms. The zero-order valence-electron chi connectivity index (χ0n) is 10.3. The van der Waals surface area contributed by atoms with Gasteiger partial charge in [0.1, 0.15) is 5.82 Å². The second-order valence-corrected chi connectivity index (χ2v) is 6.07. The minimum Gasteiger partial charge on any atom is -0.305 e. The standard InChI is InChI=1S/C14H15ClFNS/c1-9-3-5-12(18-9)8-17-10(2)11-4-6-14(16)13(15)7-11/h3-7,10,17H,8H2,1-2H3. The lowest BCUT2D eigenvalue weighted by Gasteiger charge is -2.14. The third-order valence-corrected chi connectivity index (χ3v) is 4.11. The molecule has 1 unspecified atom stereocenters. The minimum absolute atomic E-state index is 0.144. The number of hydrogen-bond acceptors (Lipinski definition) is 2. The lowest BCUT2D eigenvalue weighted by molar-refractivity contribution is 0.575. The Hall–Kier alpha value is -0.900. The second kappa shape index (κ2) is 5.83. The van der Waals surface area contributed by atoms with Gasteiger partial charge in [0.2, 0.25) is 0 Å². The lowest BCUT2D eigenvalue weighted by Crippen LogP contribution is -2.17. The topological polar surface area (TPSA) is 12.0 Å². The van der Waals surface area contributed by atoms with E-state index in [2.05, 4.69) is 24.4 Å². The molecular formula is C14H15ClFNS. The monoisotopic (exact) mass is 283 g/mol. The van der Waals surface area contributed by atoms with Crippen LogP contribution in [0.4, 0.5) is 4.39 Å². The van der Waals surface area contributed by atoms with Crippen molar-refractivity contribution in [3.8, 4) is 0 Å². The molecule has 1 aromatic carbocycles. The van der Waals surface area contributed by atoms with Crippen molar-refractivity contribution in [1.82, 2.24) is 5.32 Å². The van der Waals surface area contributed by atoms with E-state index in [0.29, 0.717) is 0 Å². The number of nitrogens with one attached hydrogen (secondary N) is 1. The predicted octanol–water partition coefficient (Wildman–Crippen LogP) is 4.70. The van der Waals surface area contributed by atoms with Gasteiger partial charge in [-0.3, -0.25) is 0 Å². The molecule has 1 nitrogen and oxygen atoms in total. The van der Waals surface area contributed by atoms with Crippen molar-refractivity contribution in [2.75, 3.05) is 0 Å². The normalized spacial score (nSPS) is 12.7. The van der Waals surface area contributed by atoms with E-state index in [1.165, 1.54) is 15.8 Å². The van der Waals surface area contributed by atoms with Crippen molar-refractivity contribution in [2.24, 2.45) is 0 Å². The van der Waals surface area contributed by atoms with Crippen LogP contribution in [-0.4, -0.2) is 0 Å². The van der Waals surface area contributed by atoms with E-state index in [0.717, 1.165) is 12.1 Å². The summed E-state index contributed by atoms with van der Waals surface area (Å²) in [4.78, 5) is 2.61. The fraction of sp³-hybridized carbons (Fsp3) is 0.286. The Labute approximate surface area is 116 Å². The van der Waals surface area contributed by atoms with Crippen molar-refractivity contribution in [3.63, 3.8) is 0 Å². The summed E-state index contributed by atoms with van der Waals surface area (Å²) in [6.45, 7) is 4.95. The molecule has 0 saturated heterocycles. The zero-order valence-corrected chi connectivity index (χ0v) is 11.9. The van der Waals surface area contributed by atoms with Crippen molar-refractivity contribution in [1.29, 1.82) is 0 Å². The van der Waals surface area contributed by atoms with Crippen LogP contribution >= 0.6 is 22.9 Å². The molecule has 0 aliphatic heterocycles. The highest BCUT2D eigenvalue weighted by Crippen LogP contribution is 2.22. The maximum atomic E-state index is 13.1. The number of rotatable bonds is 4. The van der Waals surface area contributed by atoms with Gasteiger partial charge in [0.05, 0.1) is 5.02 Å². The second-order valence-electron chi connectivity index (χ2n) is 4.29. The van der Waals surface area contributed by atoms with Crippen LogP contribution in [-0.2, 0) is 6.54 Å². The molecule has 0 amide bonds. The largest absolute Gasteiger partial charge is 0.305 e. The third kappa shape index (κ3) is 3.31. The van der Waals surface area contributed by atoms with E-state index in [9.17, 15) is 4.39 Å².